The predicted octanol–water partition coefficient (Wildman–Crippen LogP) is 9.41. The lowest BCUT2D eigenvalue weighted by molar-refractivity contribution is -0.143. The van der Waals surface area contributed by atoms with Crippen LogP contribution in [0.1, 0.15) is 103 Å². The number of sulfone groups is 1. The number of hydrogen-bond donors (Lipinski definition) is 5. The van der Waals surface area contributed by atoms with Gasteiger partial charge in [-0.15, -0.1) is 0 Å². The molecule has 3 aromatic heterocycles. The summed E-state index contributed by atoms with van der Waals surface area (Å²) in [5.41, 5.74) is -8.81. The second-order valence-electron chi connectivity index (χ2n) is 22.2. The molecule has 3 aromatic carbocycles. The summed E-state index contributed by atoms with van der Waals surface area (Å²) in [4.78, 5) is 72.7. The maximum atomic E-state index is 15.7. The minimum absolute atomic E-state index is 0.00316. The van der Waals surface area contributed by atoms with E-state index < -0.39 is 198 Å². The van der Waals surface area contributed by atoms with Gasteiger partial charge in [0.05, 0.1) is 40.1 Å². The van der Waals surface area contributed by atoms with Crippen molar-refractivity contribution in [2.24, 2.45) is 5.92 Å². The predicted molar refractivity (Wildman–Crippen MR) is 292 cm³/mol. The van der Waals surface area contributed by atoms with Gasteiger partial charge < -0.3 is 19.6 Å². The fourth-order valence-corrected chi connectivity index (χ4v) is 13.0. The van der Waals surface area contributed by atoms with E-state index in [1.165, 1.54) is 40.7 Å². The fraction of sp³-hybridized carbons (Fsp3) is 0.404. The van der Waals surface area contributed by atoms with Crippen molar-refractivity contribution in [2.45, 2.75) is 114 Å². The number of phosphoric ester groups is 1. The lowest BCUT2D eigenvalue weighted by Gasteiger charge is -2.31. The Labute approximate surface area is 493 Å². The number of phosphoric acid groups is 1. The van der Waals surface area contributed by atoms with E-state index in [1.54, 1.807) is 0 Å². The van der Waals surface area contributed by atoms with Gasteiger partial charge in [0.1, 0.15) is 46.6 Å². The molecule has 0 bridgehead atoms. The normalized spacial score (nSPS) is 16.7. The highest BCUT2D eigenvalue weighted by molar-refractivity contribution is 7.93. The number of aryl methyl sites for hydroxylation is 1. The molecule has 2 amide bonds. The molecule has 3 atom stereocenters. The molecule has 1 unspecified atom stereocenters. The van der Waals surface area contributed by atoms with Crippen molar-refractivity contribution >= 4 is 75.4 Å². The molecule has 0 radical (unpaired) electrons. The summed E-state index contributed by atoms with van der Waals surface area (Å²) in [6.07, 6.45) is -12.3. The molecule has 87 heavy (non-hydrogen) atoms. The monoisotopic (exact) mass is 1330 g/mol. The first-order valence-electron chi connectivity index (χ1n) is 25.3. The van der Waals surface area contributed by atoms with Crippen LogP contribution in [-0.4, -0.2) is 96.2 Å². The van der Waals surface area contributed by atoms with Crippen molar-refractivity contribution in [1.29, 1.82) is 0 Å². The summed E-state index contributed by atoms with van der Waals surface area (Å²) in [5, 5.41) is 8.46. The summed E-state index contributed by atoms with van der Waals surface area (Å²) >= 11 is 6.77. The molecule has 0 saturated heterocycles. The fourth-order valence-electron chi connectivity index (χ4n) is 10.6. The largest absolute Gasteiger partial charge is 0.524 e. The highest BCUT2D eigenvalue weighted by Gasteiger charge is 2.68. The van der Waals surface area contributed by atoms with Crippen molar-refractivity contribution < 1.29 is 104 Å². The number of carbonyl (C=O) groups excluding carboxylic acids is 2. The first-order chi connectivity index (χ1) is 39.6. The van der Waals surface area contributed by atoms with Gasteiger partial charge in [-0.2, -0.15) is 49.6 Å². The molecule has 35 heteroatoms. The van der Waals surface area contributed by atoms with Gasteiger partial charge >= 0.3 is 27.8 Å². The topological polar surface area (TPSA) is 291 Å². The Balaban J connectivity index is 1.35. The summed E-state index contributed by atoms with van der Waals surface area (Å²) < 4.78 is 230. The van der Waals surface area contributed by atoms with Gasteiger partial charge in [-0.05, 0) is 98.5 Å². The first kappa shape index (κ1) is 66.5. The Kier molecular flexibility index (Phi) is 17.3. The van der Waals surface area contributed by atoms with Crippen LogP contribution in [0.5, 0.6) is 5.75 Å². The smallest absolute Gasteiger partial charge is 0.404 e. The van der Waals surface area contributed by atoms with Crippen molar-refractivity contribution in [1.82, 2.24) is 29.9 Å². The lowest BCUT2D eigenvalue weighted by Crippen LogP contribution is -2.40. The molecule has 1 saturated carbocycles. The summed E-state index contributed by atoms with van der Waals surface area (Å²) in [7, 11) is -19.4. The maximum absolute atomic E-state index is 15.7. The molecule has 8 rings (SSSR count). The van der Waals surface area contributed by atoms with E-state index in [9.17, 15) is 90.3 Å². The molecule has 5 N–H and O–H groups in total. The molecule has 2 aliphatic carbocycles. The average Bonchev–Trinajstić information content (AvgIpc) is 1.53. The number of alkyl halides is 8. The first-order valence-corrected chi connectivity index (χ1v) is 32.8. The molecule has 1 fully saturated rings. The van der Waals surface area contributed by atoms with Gasteiger partial charge in [0.2, 0.25) is 21.8 Å². The number of nitrogens with zero attached hydrogens (tertiary/aromatic N) is 6. The van der Waals surface area contributed by atoms with Crippen LogP contribution in [0.25, 0.3) is 22.0 Å². The van der Waals surface area contributed by atoms with E-state index in [1.807, 2.05) is 0 Å². The van der Waals surface area contributed by atoms with E-state index in [4.69, 9.17) is 16.1 Å². The number of aromatic nitrogens is 5. The number of pyridine rings is 1. The number of sulfonamides is 1. The van der Waals surface area contributed by atoms with E-state index in [0.717, 1.165) is 48.7 Å². The molecule has 3 heterocycles. The van der Waals surface area contributed by atoms with Crippen LogP contribution in [0.4, 0.5) is 49.7 Å². The number of fused-ring (bicyclic) bond motifs is 4. The Morgan fingerprint density at radius 2 is 1.52 bits per heavy atom. The van der Waals surface area contributed by atoms with Crippen LogP contribution in [0, 0.1) is 36.3 Å². The minimum atomic E-state index is -5.52. The van der Waals surface area contributed by atoms with Gasteiger partial charge in [0, 0.05) is 52.3 Å². The van der Waals surface area contributed by atoms with Gasteiger partial charge in [-0.25, -0.2) is 35.2 Å². The molecule has 470 valence electrons. The molecule has 0 aliphatic heterocycles. The van der Waals surface area contributed by atoms with Gasteiger partial charge in [-0.3, -0.25) is 33.3 Å². The molecule has 20 nitrogen and oxygen atoms in total. The lowest BCUT2D eigenvalue weighted by atomic mass is 9.78. The Bertz CT molecular complexity index is 4230. The Hall–Kier alpha value is -6.42. The number of hydrogen-bond acceptors (Lipinski definition) is 12. The van der Waals surface area contributed by atoms with Crippen LogP contribution >= 0.6 is 27.0 Å². The van der Waals surface area contributed by atoms with Crippen LogP contribution in [-0.2, 0) is 81.8 Å². The van der Waals surface area contributed by atoms with Crippen molar-refractivity contribution in [3.63, 3.8) is 0 Å². The zero-order valence-electron chi connectivity index (χ0n) is 46.2. The average molecular weight is 1330 g/mol. The van der Waals surface area contributed by atoms with Gasteiger partial charge in [0.25, 0.3) is 5.92 Å². The summed E-state index contributed by atoms with van der Waals surface area (Å²) in [6, 6.07) is 6.34. The van der Waals surface area contributed by atoms with E-state index in [2.05, 4.69) is 32.3 Å². The Morgan fingerprint density at radius 3 is 2.08 bits per heavy atom. The third-order valence-electron chi connectivity index (χ3n) is 14.3. The highest BCUT2D eigenvalue weighted by atomic mass is 35.5. The zero-order valence-corrected chi connectivity index (χ0v) is 50.4. The molecule has 0 spiro atoms. The number of benzene rings is 3. The van der Waals surface area contributed by atoms with Crippen LogP contribution in [0.3, 0.4) is 0 Å². The number of nitrogens with one attached hydrogen (secondary N) is 1. The zero-order chi connectivity index (χ0) is 65.1. The van der Waals surface area contributed by atoms with Crippen molar-refractivity contribution in [2.75, 3.05) is 16.8 Å². The number of amides is 2. The van der Waals surface area contributed by atoms with Crippen LogP contribution in [0.2, 0.25) is 5.02 Å². The maximum Gasteiger partial charge on any atom is 0.524 e. The standard InChI is InChI=1S/C52H50ClF10N7O13P2S2/c1-25-14-27(23-84(73,74)75)18-37(83-85(76,77)78)42(25)48(2,3)21-39(72)70(87(7,81)82)47-41-35(53)11-10-32(44(41)69(67-47)24-50(56,57)58)31-9-8-30(12-13-49(4,5)86(6,79)80)64-43(31)36(17-26-15-28(54)19-29(55)16-26)65-38(71)22-68-46-40(45(66-68)52(61,62)63)33-20-34(33)51(46,59)60/h8-11,14-16,18-19,33-34,36H,17,20-24H2,1-7H3,(H,65,71)(H2,73,74,75)(H2,76,77,78)/t33-,34?,36-/m0/s1. The molecule has 6 aromatic rings. The van der Waals surface area contributed by atoms with Crippen molar-refractivity contribution in [3.05, 3.63) is 122 Å². The quantitative estimate of drug-likeness (QED) is 0.0304. The summed E-state index contributed by atoms with van der Waals surface area (Å²) in [5.74, 6) is -8.72. The Morgan fingerprint density at radius 1 is 0.897 bits per heavy atom. The number of halogens is 11. The highest BCUT2D eigenvalue weighted by Crippen LogP contribution is 2.68. The van der Waals surface area contributed by atoms with Crippen LogP contribution < -0.4 is 14.1 Å². The number of rotatable bonds is 18. The SMILES string of the molecule is Cc1cc(CP(=O)(O)O)cc(OP(=O)(O)O)c1C(C)(C)CC(=O)N(c1nn(CC(F)(F)F)c2c(-c3ccc(C#CC(C)(C)S(C)(=O)=O)nc3[C@H](Cc3cc(F)cc(F)c3)NC(=O)Cn3nc(C(F)(F)F)c4c3C(F)(F)C3C[C@H]43)ccc(Cl)c12)S(C)(=O)=O. The number of carbonyl (C=O) groups is 2. The second-order valence-corrected chi connectivity index (χ2v) is 29.8. The van der Waals surface area contributed by atoms with E-state index >= 15 is 8.78 Å². The minimum Gasteiger partial charge on any atom is -0.404 e. The molecular formula is C52H50ClF10N7O13P2S2. The van der Waals surface area contributed by atoms with E-state index in [-0.39, 0.29) is 48.0 Å². The third-order valence-corrected chi connectivity index (χ3v) is 18.8. The van der Waals surface area contributed by atoms with E-state index in [0.29, 0.717) is 12.3 Å². The second kappa shape index (κ2) is 22.6. The van der Waals surface area contributed by atoms with Gasteiger partial charge in [-0.1, -0.05) is 43.5 Å². The molecular weight excluding hydrogens is 1280 g/mol. The van der Waals surface area contributed by atoms with Crippen molar-refractivity contribution in [3.8, 4) is 28.7 Å². The molecule has 2 aliphatic rings. The third kappa shape index (κ3) is 14.4. The number of anilines is 1. The van der Waals surface area contributed by atoms with Crippen LogP contribution in [0.15, 0.2) is 54.6 Å². The summed E-state index contributed by atoms with van der Waals surface area (Å²) in [6.45, 7) is 2.74. The van der Waals surface area contributed by atoms with Gasteiger partial charge in [0.15, 0.2) is 21.3 Å².